The summed E-state index contributed by atoms with van der Waals surface area (Å²) in [4.78, 5) is 0. The zero-order chi connectivity index (χ0) is 9.26. The highest BCUT2D eigenvalue weighted by Crippen LogP contribution is 2.47. The largest absolute Gasteiger partial charge is 0.0651 e. The zero-order valence-corrected chi connectivity index (χ0v) is 9.26. The normalized spacial score (nSPS) is 45.7. The van der Waals surface area contributed by atoms with Crippen molar-refractivity contribution in [1.82, 2.24) is 0 Å². The lowest BCUT2D eigenvalue weighted by atomic mass is 9.75. The second-order valence-corrected chi connectivity index (χ2v) is 5.34. The lowest BCUT2D eigenvalue weighted by molar-refractivity contribution is 0.193. The third-order valence-corrected chi connectivity index (χ3v) is 4.71. The van der Waals surface area contributed by atoms with Crippen molar-refractivity contribution in [2.75, 3.05) is 0 Å². The highest BCUT2D eigenvalue weighted by molar-refractivity contribution is 4.88. The van der Waals surface area contributed by atoms with Gasteiger partial charge in [-0.25, -0.2) is 0 Å². The Morgan fingerprint density at radius 3 is 2.54 bits per heavy atom. The first-order valence-corrected chi connectivity index (χ1v) is 6.33. The minimum Gasteiger partial charge on any atom is -0.0651 e. The Balaban J connectivity index is 2.08. The average Bonchev–Trinajstić information content (AvgIpc) is 2.55. The Morgan fingerprint density at radius 2 is 1.77 bits per heavy atom. The van der Waals surface area contributed by atoms with Crippen LogP contribution in [0.15, 0.2) is 0 Å². The predicted molar refractivity (Wildman–Crippen MR) is 57.6 cm³/mol. The monoisotopic (exact) mass is 180 g/mol. The molecule has 0 amide bonds. The van der Waals surface area contributed by atoms with Crippen molar-refractivity contribution < 1.29 is 0 Å². The molecule has 0 aromatic rings. The van der Waals surface area contributed by atoms with Gasteiger partial charge in [0.2, 0.25) is 0 Å². The summed E-state index contributed by atoms with van der Waals surface area (Å²) >= 11 is 0. The molecule has 0 spiro atoms. The molecule has 2 saturated carbocycles. The molecule has 2 aliphatic carbocycles. The molecule has 0 radical (unpaired) electrons. The fraction of sp³-hybridized carbons (Fsp3) is 1.00. The van der Waals surface area contributed by atoms with E-state index in [0.717, 1.165) is 23.7 Å². The van der Waals surface area contributed by atoms with Crippen molar-refractivity contribution in [3.8, 4) is 0 Å². The average molecular weight is 180 g/mol. The first-order chi connectivity index (χ1) is 6.33. The van der Waals surface area contributed by atoms with Gasteiger partial charge in [0.05, 0.1) is 0 Å². The zero-order valence-electron chi connectivity index (χ0n) is 9.26. The Labute approximate surface area is 83.1 Å². The van der Waals surface area contributed by atoms with Crippen molar-refractivity contribution in [1.29, 1.82) is 0 Å². The molecule has 0 nitrogen and oxygen atoms in total. The van der Waals surface area contributed by atoms with Crippen LogP contribution in [0.4, 0.5) is 0 Å². The van der Waals surface area contributed by atoms with E-state index in [1.54, 1.807) is 19.3 Å². The van der Waals surface area contributed by atoms with Gasteiger partial charge in [-0.3, -0.25) is 0 Å². The maximum absolute atomic E-state index is 2.50. The van der Waals surface area contributed by atoms with E-state index >= 15 is 0 Å². The Hall–Kier alpha value is 0. The van der Waals surface area contributed by atoms with E-state index in [9.17, 15) is 0 Å². The smallest absolute Gasteiger partial charge is 0.0357 e. The Bertz CT molecular complexity index is 161. The van der Waals surface area contributed by atoms with Gasteiger partial charge in [-0.1, -0.05) is 46.0 Å². The van der Waals surface area contributed by atoms with Crippen LogP contribution in [0, 0.1) is 23.7 Å². The molecule has 0 heterocycles. The summed E-state index contributed by atoms with van der Waals surface area (Å²) in [6.45, 7) is 4.91. The standard InChI is InChI=1S/C13H24/c1-3-12-11-7-5-4-6-10(2)13(12)9-8-11/h10-13H,3-9H2,1-2H3. The van der Waals surface area contributed by atoms with Crippen molar-refractivity contribution in [2.45, 2.75) is 58.8 Å². The third-order valence-electron chi connectivity index (χ3n) is 4.71. The molecular formula is C13H24. The number of fused-ring (bicyclic) bond motifs is 2. The van der Waals surface area contributed by atoms with Crippen molar-refractivity contribution in [3.05, 3.63) is 0 Å². The van der Waals surface area contributed by atoms with Gasteiger partial charge in [0.25, 0.3) is 0 Å². The predicted octanol–water partition coefficient (Wildman–Crippen LogP) is 4.25. The number of hydrogen-bond donors (Lipinski definition) is 0. The fourth-order valence-electron chi connectivity index (χ4n) is 3.97. The molecule has 0 N–H and O–H groups in total. The summed E-state index contributed by atoms with van der Waals surface area (Å²) in [6, 6.07) is 0. The van der Waals surface area contributed by atoms with Crippen LogP contribution < -0.4 is 0 Å². The molecule has 4 atom stereocenters. The Morgan fingerprint density at radius 1 is 1.00 bits per heavy atom. The first kappa shape index (κ1) is 9.55. The molecule has 0 heteroatoms. The molecule has 0 aromatic heterocycles. The van der Waals surface area contributed by atoms with Gasteiger partial charge in [0.1, 0.15) is 0 Å². The molecule has 0 aromatic carbocycles. The van der Waals surface area contributed by atoms with Gasteiger partial charge in [-0.05, 0) is 36.5 Å². The van der Waals surface area contributed by atoms with Crippen molar-refractivity contribution in [2.24, 2.45) is 23.7 Å². The van der Waals surface area contributed by atoms with E-state index < -0.39 is 0 Å². The van der Waals surface area contributed by atoms with Crippen molar-refractivity contribution in [3.63, 3.8) is 0 Å². The first-order valence-electron chi connectivity index (χ1n) is 6.33. The quantitative estimate of drug-likeness (QED) is 0.566. The van der Waals surface area contributed by atoms with Crippen LogP contribution in [0.3, 0.4) is 0 Å². The molecule has 13 heavy (non-hydrogen) atoms. The van der Waals surface area contributed by atoms with Gasteiger partial charge in [0.15, 0.2) is 0 Å². The van der Waals surface area contributed by atoms with E-state index in [1.807, 2.05) is 0 Å². The lowest BCUT2D eigenvalue weighted by Crippen LogP contribution is -2.22. The SMILES string of the molecule is CCC1C2CCCCC(C)C1CC2. The highest BCUT2D eigenvalue weighted by atomic mass is 14.4. The molecule has 2 rings (SSSR count). The summed E-state index contributed by atoms with van der Waals surface area (Å²) in [6.07, 6.45) is 10.6. The molecule has 2 bridgehead atoms. The van der Waals surface area contributed by atoms with Gasteiger partial charge in [-0.2, -0.15) is 0 Å². The van der Waals surface area contributed by atoms with Crippen LogP contribution in [0.1, 0.15) is 58.8 Å². The van der Waals surface area contributed by atoms with Crippen LogP contribution in [0.25, 0.3) is 0 Å². The molecule has 2 aliphatic rings. The second kappa shape index (κ2) is 4.02. The van der Waals surface area contributed by atoms with E-state index in [4.69, 9.17) is 0 Å². The van der Waals surface area contributed by atoms with Gasteiger partial charge < -0.3 is 0 Å². The minimum absolute atomic E-state index is 1.02. The van der Waals surface area contributed by atoms with Crippen molar-refractivity contribution >= 4 is 0 Å². The van der Waals surface area contributed by atoms with Gasteiger partial charge in [0, 0.05) is 0 Å². The summed E-state index contributed by atoms with van der Waals surface area (Å²) in [5.74, 6) is 4.32. The van der Waals surface area contributed by atoms with Crippen LogP contribution in [-0.2, 0) is 0 Å². The summed E-state index contributed by atoms with van der Waals surface area (Å²) in [5.41, 5.74) is 0. The minimum atomic E-state index is 1.02. The van der Waals surface area contributed by atoms with Crippen LogP contribution in [0.2, 0.25) is 0 Å². The molecule has 0 aliphatic heterocycles. The summed E-state index contributed by atoms with van der Waals surface area (Å²) in [7, 11) is 0. The highest BCUT2D eigenvalue weighted by Gasteiger charge is 2.37. The van der Waals surface area contributed by atoms with E-state index in [2.05, 4.69) is 13.8 Å². The molecule has 0 saturated heterocycles. The summed E-state index contributed by atoms with van der Waals surface area (Å²) in [5, 5.41) is 0. The van der Waals surface area contributed by atoms with E-state index in [1.165, 1.54) is 25.7 Å². The van der Waals surface area contributed by atoms with Gasteiger partial charge >= 0.3 is 0 Å². The third kappa shape index (κ3) is 1.78. The Kier molecular flexibility index (Phi) is 2.96. The molecule has 2 fully saturated rings. The summed E-state index contributed by atoms with van der Waals surface area (Å²) < 4.78 is 0. The second-order valence-electron chi connectivity index (χ2n) is 5.34. The number of hydrogen-bond acceptors (Lipinski definition) is 0. The van der Waals surface area contributed by atoms with Crippen LogP contribution in [-0.4, -0.2) is 0 Å². The fourth-order valence-corrected chi connectivity index (χ4v) is 3.97. The lowest BCUT2D eigenvalue weighted by Gasteiger charge is -2.30. The number of rotatable bonds is 1. The molecule has 4 unspecified atom stereocenters. The van der Waals surface area contributed by atoms with E-state index in [0.29, 0.717) is 0 Å². The van der Waals surface area contributed by atoms with E-state index in [-0.39, 0.29) is 0 Å². The van der Waals surface area contributed by atoms with Crippen LogP contribution in [0.5, 0.6) is 0 Å². The topological polar surface area (TPSA) is 0 Å². The van der Waals surface area contributed by atoms with Crippen LogP contribution >= 0.6 is 0 Å². The molecule has 76 valence electrons. The maximum atomic E-state index is 2.50. The maximum Gasteiger partial charge on any atom is -0.0357 e. The molecular weight excluding hydrogens is 156 g/mol. The van der Waals surface area contributed by atoms with Gasteiger partial charge in [-0.15, -0.1) is 0 Å².